The summed E-state index contributed by atoms with van der Waals surface area (Å²) in [5.41, 5.74) is 1.11. The summed E-state index contributed by atoms with van der Waals surface area (Å²) < 4.78 is 5.83. The third-order valence-corrected chi connectivity index (χ3v) is 4.22. The molecule has 2 rings (SSSR count). The first-order valence-corrected chi connectivity index (χ1v) is 7.52. The molecule has 0 amide bonds. The normalized spacial score (nSPS) is 10.9. The molecule has 0 aliphatic heterocycles. The molecule has 0 radical (unpaired) electrons. The van der Waals surface area contributed by atoms with Crippen molar-refractivity contribution in [1.82, 2.24) is 4.90 Å². The first-order valence-electron chi connectivity index (χ1n) is 6.32. The fourth-order valence-electron chi connectivity index (χ4n) is 2.09. The number of carboxylic acids is 1. The number of ether oxygens (including phenoxy) is 1. The maximum Gasteiger partial charge on any atom is 0.339 e. The van der Waals surface area contributed by atoms with Crippen molar-refractivity contribution in [1.29, 1.82) is 0 Å². The lowest BCUT2D eigenvalue weighted by molar-refractivity contribution is 0.0693. The molecule has 4 nitrogen and oxygen atoms in total. The zero-order valence-electron chi connectivity index (χ0n) is 11.8. The van der Waals surface area contributed by atoms with Crippen molar-refractivity contribution >= 4 is 28.9 Å². The van der Waals surface area contributed by atoms with Crippen LogP contribution in [0.2, 0.25) is 4.34 Å². The van der Waals surface area contributed by atoms with E-state index in [1.54, 1.807) is 23.5 Å². The first-order chi connectivity index (χ1) is 9.99. The second kappa shape index (κ2) is 6.93. The van der Waals surface area contributed by atoms with Crippen LogP contribution in [0.1, 0.15) is 20.8 Å². The van der Waals surface area contributed by atoms with Crippen LogP contribution in [-0.4, -0.2) is 30.1 Å². The third kappa shape index (κ3) is 4.20. The van der Waals surface area contributed by atoms with Gasteiger partial charge < -0.3 is 9.84 Å². The van der Waals surface area contributed by atoms with E-state index in [9.17, 15) is 9.90 Å². The molecule has 0 aliphatic rings. The highest BCUT2D eigenvalue weighted by atomic mass is 35.5. The minimum atomic E-state index is -0.985. The van der Waals surface area contributed by atoms with Crippen LogP contribution in [-0.2, 0) is 13.1 Å². The largest absolute Gasteiger partial charge is 0.496 e. The van der Waals surface area contributed by atoms with E-state index in [0.717, 1.165) is 16.4 Å². The number of hydrogen-bond acceptors (Lipinski definition) is 4. The average molecular weight is 326 g/mol. The number of aromatic carboxylic acids is 1. The van der Waals surface area contributed by atoms with E-state index in [1.807, 2.05) is 25.2 Å². The van der Waals surface area contributed by atoms with Crippen molar-refractivity contribution in [2.75, 3.05) is 14.2 Å². The van der Waals surface area contributed by atoms with E-state index in [1.165, 1.54) is 12.0 Å². The molecule has 1 N–H and O–H groups in total. The van der Waals surface area contributed by atoms with Crippen LogP contribution in [0.25, 0.3) is 0 Å². The van der Waals surface area contributed by atoms with Gasteiger partial charge in [0.1, 0.15) is 11.3 Å². The number of nitrogens with zero attached hydrogens (tertiary/aromatic N) is 1. The van der Waals surface area contributed by atoms with Crippen molar-refractivity contribution in [2.24, 2.45) is 0 Å². The first kappa shape index (κ1) is 15.8. The predicted octanol–water partition coefficient (Wildman–Crippen LogP) is 3.74. The summed E-state index contributed by atoms with van der Waals surface area (Å²) in [5.74, 6) is -0.611. The quantitative estimate of drug-likeness (QED) is 0.879. The molecule has 2 aromatic rings. The van der Waals surface area contributed by atoms with Crippen molar-refractivity contribution in [3.05, 3.63) is 50.7 Å². The minimum absolute atomic E-state index is 0.183. The summed E-state index contributed by atoms with van der Waals surface area (Å²) in [7, 11) is 3.45. The number of methoxy groups -OCH3 is 1. The van der Waals surface area contributed by atoms with Crippen molar-refractivity contribution in [3.63, 3.8) is 0 Å². The van der Waals surface area contributed by atoms with Crippen molar-refractivity contribution in [2.45, 2.75) is 13.1 Å². The molecule has 0 fully saturated rings. The molecule has 1 aromatic heterocycles. The zero-order valence-corrected chi connectivity index (χ0v) is 13.4. The molecule has 112 valence electrons. The lowest BCUT2D eigenvalue weighted by atomic mass is 10.1. The van der Waals surface area contributed by atoms with E-state index in [2.05, 4.69) is 4.90 Å². The monoisotopic (exact) mass is 325 g/mol. The van der Waals surface area contributed by atoms with Gasteiger partial charge in [-0.05, 0) is 36.9 Å². The fourth-order valence-corrected chi connectivity index (χ4v) is 3.26. The highest BCUT2D eigenvalue weighted by Crippen LogP contribution is 2.24. The van der Waals surface area contributed by atoms with Gasteiger partial charge in [-0.3, -0.25) is 4.90 Å². The van der Waals surface area contributed by atoms with E-state index < -0.39 is 5.97 Å². The SMILES string of the molecule is COc1ccc(CN(C)Cc2ccc(Cl)s2)cc1C(=O)O. The molecule has 6 heteroatoms. The number of rotatable bonds is 6. The summed E-state index contributed by atoms with van der Waals surface area (Å²) >= 11 is 7.46. The lowest BCUT2D eigenvalue weighted by Gasteiger charge is -2.16. The second-order valence-electron chi connectivity index (χ2n) is 4.72. The zero-order chi connectivity index (χ0) is 15.4. The lowest BCUT2D eigenvalue weighted by Crippen LogP contribution is -2.17. The van der Waals surface area contributed by atoms with Gasteiger partial charge in [0.2, 0.25) is 0 Å². The maximum absolute atomic E-state index is 11.2. The standard InChI is InChI=1S/C15H16ClNO3S/c1-17(9-11-4-6-14(16)21-11)8-10-3-5-13(20-2)12(7-10)15(18)19/h3-7H,8-9H2,1-2H3,(H,18,19). The Balaban J connectivity index is 2.08. The Kier molecular flexibility index (Phi) is 5.22. The molecule has 0 spiro atoms. The summed E-state index contributed by atoms with van der Waals surface area (Å²) in [4.78, 5) is 14.5. The molecule has 0 atom stereocenters. The Hall–Kier alpha value is -1.56. The maximum atomic E-state index is 11.2. The Bertz CT molecular complexity index is 642. The Morgan fingerprint density at radius 1 is 1.33 bits per heavy atom. The summed E-state index contributed by atoms with van der Waals surface area (Å²) in [6.45, 7) is 1.42. The summed E-state index contributed by atoms with van der Waals surface area (Å²) in [6, 6.07) is 9.10. The second-order valence-corrected chi connectivity index (χ2v) is 6.52. The smallest absolute Gasteiger partial charge is 0.339 e. The average Bonchev–Trinajstić information content (AvgIpc) is 2.83. The van der Waals surface area contributed by atoms with Gasteiger partial charge in [0.25, 0.3) is 0 Å². The van der Waals surface area contributed by atoms with E-state index >= 15 is 0 Å². The van der Waals surface area contributed by atoms with Crippen LogP contribution >= 0.6 is 22.9 Å². The molecule has 1 aromatic carbocycles. The van der Waals surface area contributed by atoms with Crippen molar-refractivity contribution < 1.29 is 14.6 Å². The molecule has 0 saturated carbocycles. The predicted molar refractivity (Wildman–Crippen MR) is 84.5 cm³/mol. The number of halogens is 1. The van der Waals surface area contributed by atoms with Gasteiger partial charge in [-0.15, -0.1) is 11.3 Å². The summed E-state index contributed by atoms with van der Waals surface area (Å²) in [6.07, 6.45) is 0. The Morgan fingerprint density at radius 3 is 2.67 bits per heavy atom. The van der Waals surface area contributed by atoms with Crippen LogP contribution in [0.3, 0.4) is 0 Å². The molecule has 0 bridgehead atoms. The number of benzene rings is 1. The molecule has 0 saturated heterocycles. The van der Waals surface area contributed by atoms with E-state index in [-0.39, 0.29) is 5.56 Å². The van der Waals surface area contributed by atoms with Crippen LogP contribution < -0.4 is 4.74 Å². The molecular weight excluding hydrogens is 310 g/mol. The van der Waals surface area contributed by atoms with Gasteiger partial charge in [-0.2, -0.15) is 0 Å². The third-order valence-electron chi connectivity index (χ3n) is 3.00. The molecule has 21 heavy (non-hydrogen) atoms. The van der Waals surface area contributed by atoms with E-state index in [0.29, 0.717) is 12.3 Å². The van der Waals surface area contributed by atoms with Gasteiger partial charge >= 0.3 is 5.97 Å². The van der Waals surface area contributed by atoms with Gasteiger partial charge in [-0.25, -0.2) is 4.79 Å². The topological polar surface area (TPSA) is 49.8 Å². The van der Waals surface area contributed by atoms with Crippen LogP contribution in [0.15, 0.2) is 30.3 Å². The highest BCUT2D eigenvalue weighted by molar-refractivity contribution is 7.16. The minimum Gasteiger partial charge on any atom is -0.496 e. The van der Waals surface area contributed by atoms with Gasteiger partial charge in [0.15, 0.2) is 0 Å². The number of carbonyl (C=O) groups is 1. The molecule has 0 aliphatic carbocycles. The summed E-state index contributed by atoms with van der Waals surface area (Å²) in [5, 5.41) is 9.19. The van der Waals surface area contributed by atoms with Gasteiger partial charge in [-0.1, -0.05) is 17.7 Å². The fraction of sp³-hybridized carbons (Fsp3) is 0.267. The Morgan fingerprint density at radius 2 is 2.10 bits per heavy atom. The van der Waals surface area contributed by atoms with Gasteiger partial charge in [0, 0.05) is 18.0 Å². The van der Waals surface area contributed by atoms with Crippen LogP contribution in [0, 0.1) is 0 Å². The van der Waals surface area contributed by atoms with Crippen molar-refractivity contribution in [3.8, 4) is 5.75 Å². The van der Waals surface area contributed by atoms with Crippen LogP contribution in [0.5, 0.6) is 5.75 Å². The number of carboxylic acid groups (broad SMARTS) is 1. The molecule has 0 unspecified atom stereocenters. The number of thiophene rings is 1. The molecule has 1 heterocycles. The Labute approximate surface area is 132 Å². The molecular formula is C15H16ClNO3S. The number of hydrogen-bond donors (Lipinski definition) is 1. The van der Waals surface area contributed by atoms with E-state index in [4.69, 9.17) is 16.3 Å². The highest BCUT2D eigenvalue weighted by Gasteiger charge is 2.12. The van der Waals surface area contributed by atoms with Crippen LogP contribution in [0.4, 0.5) is 0 Å². The van der Waals surface area contributed by atoms with Gasteiger partial charge in [0.05, 0.1) is 11.4 Å².